The molecule has 0 radical (unpaired) electrons. The van der Waals surface area contributed by atoms with Crippen molar-refractivity contribution in [3.8, 4) is 5.69 Å². The fourth-order valence-electron chi connectivity index (χ4n) is 2.91. The quantitative estimate of drug-likeness (QED) is 0.809. The molecule has 1 atom stereocenters. The maximum Gasteiger partial charge on any atom is 0.239 e. The Labute approximate surface area is 148 Å². The number of aliphatic hydroxyl groups is 1. The molecule has 2 N–H and O–H groups in total. The number of aliphatic hydroxyl groups excluding tert-OH is 1. The van der Waals surface area contributed by atoms with Crippen LogP contribution in [-0.2, 0) is 4.79 Å². The Morgan fingerprint density at radius 2 is 2.04 bits per heavy atom. The summed E-state index contributed by atoms with van der Waals surface area (Å²) in [6.07, 6.45) is 1.85. The lowest BCUT2D eigenvalue weighted by atomic mass is 10.2. The van der Waals surface area contributed by atoms with E-state index >= 15 is 0 Å². The fourth-order valence-corrected chi connectivity index (χ4v) is 2.91. The lowest BCUT2D eigenvalue weighted by molar-refractivity contribution is -0.117. The van der Waals surface area contributed by atoms with Gasteiger partial charge in [0.25, 0.3) is 0 Å². The van der Waals surface area contributed by atoms with Gasteiger partial charge in [-0.05, 0) is 51.8 Å². The minimum absolute atomic E-state index is 0.112. The normalized spacial score (nSPS) is 15.4. The van der Waals surface area contributed by atoms with E-state index in [9.17, 15) is 9.90 Å². The number of hydrogen-bond donors (Lipinski definition) is 2. The smallest absolute Gasteiger partial charge is 0.239 e. The number of carbonyl (C=O) groups excluding carboxylic acids is 1. The van der Waals surface area contributed by atoms with Crippen LogP contribution in [0.2, 0.25) is 0 Å². The molecule has 134 valence electrons. The van der Waals surface area contributed by atoms with Gasteiger partial charge in [-0.3, -0.25) is 9.69 Å². The molecule has 6 nitrogen and oxygen atoms in total. The second kappa shape index (κ2) is 7.37. The van der Waals surface area contributed by atoms with Gasteiger partial charge in [-0.1, -0.05) is 17.7 Å². The van der Waals surface area contributed by atoms with E-state index in [1.54, 1.807) is 4.68 Å². The number of rotatable bonds is 7. The van der Waals surface area contributed by atoms with Crippen LogP contribution < -0.4 is 5.32 Å². The van der Waals surface area contributed by atoms with Gasteiger partial charge in [-0.15, -0.1) is 0 Å². The van der Waals surface area contributed by atoms with Crippen LogP contribution in [0.25, 0.3) is 5.69 Å². The number of carbonyl (C=O) groups is 1. The zero-order valence-electron chi connectivity index (χ0n) is 15.1. The van der Waals surface area contributed by atoms with Crippen LogP contribution in [0.15, 0.2) is 30.3 Å². The number of nitrogens with one attached hydrogen (secondary N) is 1. The molecule has 1 aromatic heterocycles. The Balaban J connectivity index is 1.63. The largest absolute Gasteiger partial charge is 0.392 e. The van der Waals surface area contributed by atoms with E-state index in [0.717, 1.165) is 24.2 Å². The molecule has 0 saturated heterocycles. The lowest BCUT2D eigenvalue weighted by Crippen LogP contribution is -2.36. The number of hydrogen-bond acceptors (Lipinski definition) is 4. The van der Waals surface area contributed by atoms with Gasteiger partial charge in [-0.2, -0.15) is 5.10 Å². The minimum atomic E-state index is -0.335. The van der Waals surface area contributed by atoms with Crippen molar-refractivity contribution in [1.29, 1.82) is 0 Å². The van der Waals surface area contributed by atoms with Crippen molar-refractivity contribution < 1.29 is 9.90 Å². The van der Waals surface area contributed by atoms with Gasteiger partial charge in [0.2, 0.25) is 5.91 Å². The van der Waals surface area contributed by atoms with Crippen LogP contribution in [0.5, 0.6) is 0 Å². The van der Waals surface area contributed by atoms with E-state index in [0.29, 0.717) is 18.3 Å². The van der Waals surface area contributed by atoms with Crippen molar-refractivity contribution in [2.24, 2.45) is 5.92 Å². The Morgan fingerprint density at radius 3 is 2.68 bits per heavy atom. The summed E-state index contributed by atoms with van der Waals surface area (Å²) in [5.74, 6) is 0.956. The third-order valence-electron chi connectivity index (χ3n) is 4.46. The molecule has 6 heteroatoms. The van der Waals surface area contributed by atoms with Gasteiger partial charge in [-0.25, -0.2) is 4.68 Å². The second-order valence-electron chi connectivity index (χ2n) is 7.07. The summed E-state index contributed by atoms with van der Waals surface area (Å²) in [6.45, 7) is 4.70. The summed E-state index contributed by atoms with van der Waals surface area (Å²) in [4.78, 5) is 14.2. The van der Waals surface area contributed by atoms with E-state index in [1.807, 2.05) is 56.1 Å². The number of benzene rings is 1. The molecule has 1 fully saturated rings. The molecule has 0 bridgehead atoms. The maximum absolute atomic E-state index is 12.4. The Hall–Kier alpha value is -2.18. The first-order chi connectivity index (χ1) is 11.9. The molecule has 1 amide bonds. The summed E-state index contributed by atoms with van der Waals surface area (Å²) in [6, 6.07) is 9.86. The first-order valence-corrected chi connectivity index (χ1v) is 8.72. The molecule has 0 aliphatic heterocycles. The van der Waals surface area contributed by atoms with Gasteiger partial charge in [0.1, 0.15) is 5.82 Å². The lowest BCUT2D eigenvalue weighted by Gasteiger charge is -2.20. The van der Waals surface area contributed by atoms with Crippen molar-refractivity contribution in [3.63, 3.8) is 0 Å². The van der Waals surface area contributed by atoms with Gasteiger partial charge in [0.05, 0.1) is 24.0 Å². The van der Waals surface area contributed by atoms with Crippen LogP contribution in [0.1, 0.15) is 24.1 Å². The van der Waals surface area contributed by atoms with Crippen molar-refractivity contribution in [3.05, 3.63) is 41.6 Å². The number of anilines is 1. The van der Waals surface area contributed by atoms with Crippen LogP contribution in [0.3, 0.4) is 0 Å². The van der Waals surface area contributed by atoms with Gasteiger partial charge < -0.3 is 10.4 Å². The first kappa shape index (κ1) is 17.6. The molecule has 3 rings (SSSR count). The number of aryl methyl sites for hydroxylation is 2. The van der Waals surface area contributed by atoms with Crippen molar-refractivity contribution in [1.82, 2.24) is 14.7 Å². The summed E-state index contributed by atoms with van der Waals surface area (Å²) < 4.78 is 1.74. The Kier molecular flexibility index (Phi) is 5.20. The predicted molar refractivity (Wildman–Crippen MR) is 97.9 cm³/mol. The van der Waals surface area contributed by atoms with Gasteiger partial charge >= 0.3 is 0 Å². The SMILES string of the molecule is Cc1ccc(-n2nc(C)cc2NC(=O)CN(C)CC(O)C2CC2)cc1. The molecule has 25 heavy (non-hydrogen) atoms. The van der Waals surface area contributed by atoms with E-state index in [2.05, 4.69) is 10.4 Å². The average Bonchev–Trinajstić information content (AvgIpc) is 3.32. The molecule has 1 heterocycles. The summed E-state index contributed by atoms with van der Waals surface area (Å²) in [5.41, 5.74) is 2.92. The molecule has 0 spiro atoms. The zero-order chi connectivity index (χ0) is 18.0. The standard InChI is InChI=1S/C19H26N4O2/c1-13-4-8-16(9-5-13)23-18(10-14(2)21-23)20-19(25)12-22(3)11-17(24)15-6-7-15/h4-5,8-10,15,17,24H,6-7,11-12H2,1-3H3,(H,20,25). The highest BCUT2D eigenvalue weighted by atomic mass is 16.3. The first-order valence-electron chi connectivity index (χ1n) is 8.72. The highest BCUT2D eigenvalue weighted by Gasteiger charge is 2.30. The maximum atomic E-state index is 12.4. The fraction of sp³-hybridized carbons (Fsp3) is 0.474. The van der Waals surface area contributed by atoms with Gasteiger partial charge in [0.15, 0.2) is 0 Å². The molecular weight excluding hydrogens is 316 g/mol. The summed E-state index contributed by atoms with van der Waals surface area (Å²) in [7, 11) is 1.85. The van der Waals surface area contributed by atoms with Crippen molar-refractivity contribution in [2.45, 2.75) is 32.8 Å². The molecule has 1 aliphatic carbocycles. The third-order valence-corrected chi connectivity index (χ3v) is 4.46. The summed E-state index contributed by atoms with van der Waals surface area (Å²) >= 11 is 0. The van der Waals surface area contributed by atoms with Crippen molar-refractivity contribution >= 4 is 11.7 Å². The Bertz CT molecular complexity index is 734. The third kappa shape index (κ3) is 4.67. The molecule has 2 aromatic rings. The van der Waals surface area contributed by atoms with Crippen molar-refractivity contribution in [2.75, 3.05) is 25.5 Å². The van der Waals surface area contributed by atoms with Crippen LogP contribution in [0.4, 0.5) is 5.82 Å². The minimum Gasteiger partial charge on any atom is -0.392 e. The average molecular weight is 342 g/mol. The molecular formula is C19H26N4O2. The monoisotopic (exact) mass is 342 g/mol. The zero-order valence-corrected chi connectivity index (χ0v) is 15.1. The molecule has 1 aliphatic rings. The van der Waals surface area contributed by atoms with E-state index in [4.69, 9.17) is 0 Å². The Morgan fingerprint density at radius 1 is 1.36 bits per heavy atom. The van der Waals surface area contributed by atoms with E-state index < -0.39 is 0 Å². The topological polar surface area (TPSA) is 70.4 Å². The van der Waals surface area contributed by atoms with E-state index in [1.165, 1.54) is 5.56 Å². The second-order valence-corrected chi connectivity index (χ2v) is 7.07. The molecule has 1 saturated carbocycles. The van der Waals surface area contributed by atoms with Gasteiger partial charge in [0, 0.05) is 12.6 Å². The highest BCUT2D eigenvalue weighted by molar-refractivity contribution is 5.91. The summed E-state index contributed by atoms with van der Waals surface area (Å²) in [5, 5.41) is 17.4. The van der Waals surface area contributed by atoms with Crippen LogP contribution in [-0.4, -0.2) is 51.9 Å². The predicted octanol–water partition coefficient (Wildman–Crippen LogP) is 2.13. The van der Waals surface area contributed by atoms with Crippen LogP contribution >= 0.6 is 0 Å². The molecule has 1 unspecified atom stereocenters. The number of likely N-dealkylation sites (N-methyl/N-ethyl adjacent to an activating group) is 1. The highest BCUT2D eigenvalue weighted by Crippen LogP contribution is 2.32. The van der Waals surface area contributed by atoms with E-state index in [-0.39, 0.29) is 18.6 Å². The van der Waals surface area contributed by atoms with Crippen LogP contribution in [0, 0.1) is 19.8 Å². The molecule has 1 aromatic carbocycles. The number of aromatic nitrogens is 2. The number of amides is 1. The number of nitrogens with zero attached hydrogens (tertiary/aromatic N) is 3.